The number of rotatable bonds is 6. The van der Waals surface area contributed by atoms with Gasteiger partial charge in [-0.15, -0.1) is 0 Å². The van der Waals surface area contributed by atoms with Crippen molar-refractivity contribution in [3.63, 3.8) is 0 Å². The summed E-state index contributed by atoms with van der Waals surface area (Å²) in [4.78, 5) is 19.7. The topological polar surface area (TPSA) is 42.4 Å². The van der Waals surface area contributed by atoms with Crippen molar-refractivity contribution >= 4 is 16.7 Å². The van der Waals surface area contributed by atoms with Gasteiger partial charge >= 0.3 is 0 Å². The molecule has 2 aromatic rings. The van der Waals surface area contributed by atoms with Crippen LogP contribution in [0.5, 0.6) is 5.75 Å². The molecule has 4 heteroatoms. The highest BCUT2D eigenvalue weighted by atomic mass is 16.5. The number of carbonyl (C=O) groups excluding carboxylic acids is 1. The van der Waals surface area contributed by atoms with Gasteiger partial charge in [0.2, 0.25) is 0 Å². The Hall–Kier alpha value is -1.94. The van der Waals surface area contributed by atoms with E-state index in [-0.39, 0.29) is 5.78 Å². The average molecular weight is 340 g/mol. The summed E-state index contributed by atoms with van der Waals surface area (Å²) in [5.74, 6) is 2.35. The first-order valence-electron chi connectivity index (χ1n) is 9.27. The number of ketones is 1. The molecule has 1 aromatic heterocycles. The highest BCUT2D eigenvalue weighted by molar-refractivity contribution is 6.07. The van der Waals surface area contributed by atoms with Crippen molar-refractivity contribution < 1.29 is 9.53 Å². The van der Waals surface area contributed by atoms with Crippen molar-refractivity contribution in [3.8, 4) is 5.75 Å². The van der Waals surface area contributed by atoms with Crippen LogP contribution in [0.25, 0.3) is 10.9 Å². The van der Waals surface area contributed by atoms with Crippen molar-refractivity contribution in [1.82, 2.24) is 9.88 Å². The number of piperidine rings is 1. The molecular weight excluding hydrogens is 312 g/mol. The third kappa shape index (κ3) is 4.01. The highest BCUT2D eigenvalue weighted by Crippen LogP contribution is 2.30. The number of ether oxygens (including phenoxy) is 1. The quantitative estimate of drug-likeness (QED) is 0.740. The molecule has 1 saturated heterocycles. The maximum Gasteiger partial charge on any atom is 0.163 e. The summed E-state index contributed by atoms with van der Waals surface area (Å²) < 4.78 is 5.31. The Labute approximate surface area is 150 Å². The van der Waals surface area contributed by atoms with Crippen molar-refractivity contribution in [2.45, 2.75) is 32.6 Å². The fourth-order valence-corrected chi connectivity index (χ4v) is 4.05. The van der Waals surface area contributed by atoms with E-state index >= 15 is 0 Å². The second-order valence-electron chi connectivity index (χ2n) is 7.18. The second kappa shape index (κ2) is 7.96. The fourth-order valence-electron chi connectivity index (χ4n) is 4.05. The van der Waals surface area contributed by atoms with Gasteiger partial charge in [-0.25, -0.2) is 0 Å². The van der Waals surface area contributed by atoms with E-state index in [4.69, 9.17) is 4.74 Å². The van der Waals surface area contributed by atoms with Crippen LogP contribution in [-0.4, -0.2) is 42.9 Å². The lowest BCUT2D eigenvalue weighted by molar-refractivity contribution is 0.0935. The molecule has 0 bridgehead atoms. The smallest absolute Gasteiger partial charge is 0.163 e. The number of hydrogen-bond acceptors (Lipinski definition) is 4. The number of nitrogens with zero attached hydrogens (tertiary/aromatic N) is 2. The summed E-state index contributed by atoms with van der Waals surface area (Å²) >= 11 is 0. The number of benzene rings is 1. The molecule has 1 aliphatic heterocycles. The Balaban J connectivity index is 1.74. The molecule has 0 radical (unpaired) electrons. The van der Waals surface area contributed by atoms with Gasteiger partial charge in [0.05, 0.1) is 12.6 Å². The minimum absolute atomic E-state index is 0.217. The number of likely N-dealkylation sites (tertiary alicyclic amines) is 1. The summed E-state index contributed by atoms with van der Waals surface area (Å²) in [5.41, 5.74) is 1.61. The maximum absolute atomic E-state index is 12.9. The Morgan fingerprint density at radius 2 is 2.16 bits per heavy atom. The Morgan fingerprint density at radius 3 is 2.92 bits per heavy atom. The first kappa shape index (κ1) is 17.9. The van der Waals surface area contributed by atoms with Crippen LogP contribution in [0.4, 0.5) is 0 Å². The third-order valence-electron chi connectivity index (χ3n) is 5.61. The molecule has 2 heterocycles. The molecule has 0 aliphatic carbocycles. The van der Waals surface area contributed by atoms with Gasteiger partial charge < -0.3 is 9.64 Å². The van der Waals surface area contributed by atoms with Gasteiger partial charge in [-0.2, -0.15) is 0 Å². The minimum Gasteiger partial charge on any atom is -0.497 e. The van der Waals surface area contributed by atoms with Crippen LogP contribution in [0.1, 0.15) is 43.0 Å². The molecule has 1 aromatic carbocycles. The van der Waals surface area contributed by atoms with E-state index in [0.717, 1.165) is 41.7 Å². The predicted molar refractivity (Wildman–Crippen MR) is 101 cm³/mol. The molecule has 2 unspecified atom stereocenters. The Morgan fingerprint density at radius 1 is 1.32 bits per heavy atom. The summed E-state index contributed by atoms with van der Waals surface area (Å²) in [6, 6.07) is 7.55. The molecule has 25 heavy (non-hydrogen) atoms. The molecule has 0 spiro atoms. The SMILES string of the molecule is CCC1CN(C)CCC1CCC(=O)c1ccnc2ccc(OC)cc12. The number of fused-ring (bicyclic) bond motifs is 1. The Kier molecular flexibility index (Phi) is 5.69. The summed E-state index contributed by atoms with van der Waals surface area (Å²) in [6.45, 7) is 4.57. The predicted octanol–water partition coefficient (Wildman–Crippen LogP) is 4.18. The third-order valence-corrected chi connectivity index (χ3v) is 5.61. The molecule has 0 saturated carbocycles. The first-order chi connectivity index (χ1) is 12.1. The fraction of sp³-hybridized carbons (Fsp3) is 0.524. The van der Waals surface area contributed by atoms with Gasteiger partial charge in [-0.3, -0.25) is 9.78 Å². The molecule has 134 valence electrons. The van der Waals surface area contributed by atoms with Crippen LogP contribution in [-0.2, 0) is 0 Å². The van der Waals surface area contributed by atoms with E-state index in [1.165, 1.54) is 12.8 Å². The van der Waals surface area contributed by atoms with Gasteiger partial charge in [-0.1, -0.05) is 13.3 Å². The minimum atomic E-state index is 0.217. The van der Waals surface area contributed by atoms with Crippen LogP contribution >= 0.6 is 0 Å². The lowest BCUT2D eigenvalue weighted by Gasteiger charge is -2.36. The average Bonchev–Trinajstić information content (AvgIpc) is 2.65. The van der Waals surface area contributed by atoms with E-state index in [1.54, 1.807) is 13.3 Å². The standard InChI is InChI=1S/C21H28N2O2/c1-4-15-14-23(2)12-10-16(15)5-8-21(24)18-9-11-22-20-7-6-17(25-3)13-19(18)20/h6-7,9,11,13,15-16H,4-5,8,10,12,14H2,1-3H3. The molecular formula is C21H28N2O2. The summed E-state index contributed by atoms with van der Waals surface area (Å²) in [7, 11) is 3.84. The van der Waals surface area contributed by atoms with E-state index in [1.807, 2.05) is 24.3 Å². The Bertz CT molecular complexity index is 744. The largest absolute Gasteiger partial charge is 0.497 e. The second-order valence-corrected chi connectivity index (χ2v) is 7.18. The van der Waals surface area contributed by atoms with E-state index in [0.29, 0.717) is 18.3 Å². The number of methoxy groups -OCH3 is 1. The summed E-state index contributed by atoms with van der Waals surface area (Å²) in [5, 5.41) is 0.891. The zero-order valence-electron chi connectivity index (χ0n) is 15.5. The molecule has 1 aliphatic rings. The molecule has 2 atom stereocenters. The van der Waals surface area contributed by atoms with Crippen LogP contribution in [0.15, 0.2) is 30.5 Å². The number of aromatic nitrogens is 1. The molecule has 0 amide bonds. The van der Waals surface area contributed by atoms with Crippen LogP contribution in [0.3, 0.4) is 0 Å². The zero-order chi connectivity index (χ0) is 17.8. The number of pyridine rings is 1. The highest BCUT2D eigenvalue weighted by Gasteiger charge is 2.26. The normalized spacial score (nSPS) is 21.4. The van der Waals surface area contributed by atoms with Crippen LogP contribution < -0.4 is 4.74 Å². The number of Topliss-reactive ketones (excluding diaryl/α,β-unsaturated/α-hetero) is 1. The van der Waals surface area contributed by atoms with Gasteiger partial charge in [0.15, 0.2) is 5.78 Å². The van der Waals surface area contributed by atoms with Crippen LogP contribution in [0.2, 0.25) is 0 Å². The van der Waals surface area contributed by atoms with E-state index in [2.05, 4.69) is 23.9 Å². The van der Waals surface area contributed by atoms with Crippen molar-refractivity contribution in [3.05, 3.63) is 36.0 Å². The van der Waals surface area contributed by atoms with Gasteiger partial charge in [0.25, 0.3) is 0 Å². The molecule has 1 fully saturated rings. The van der Waals surface area contributed by atoms with Crippen molar-refractivity contribution in [2.24, 2.45) is 11.8 Å². The summed E-state index contributed by atoms with van der Waals surface area (Å²) in [6.07, 6.45) is 5.72. The van der Waals surface area contributed by atoms with Gasteiger partial charge in [0.1, 0.15) is 5.75 Å². The van der Waals surface area contributed by atoms with Crippen molar-refractivity contribution in [2.75, 3.05) is 27.2 Å². The number of hydrogen-bond donors (Lipinski definition) is 0. The van der Waals surface area contributed by atoms with Gasteiger partial charge in [-0.05, 0) is 62.5 Å². The number of carbonyl (C=O) groups is 1. The maximum atomic E-state index is 12.9. The lowest BCUT2D eigenvalue weighted by Crippen LogP contribution is -2.37. The van der Waals surface area contributed by atoms with Crippen LogP contribution in [0, 0.1) is 11.8 Å². The van der Waals surface area contributed by atoms with E-state index < -0.39 is 0 Å². The van der Waals surface area contributed by atoms with E-state index in [9.17, 15) is 4.79 Å². The van der Waals surface area contributed by atoms with Crippen molar-refractivity contribution in [1.29, 1.82) is 0 Å². The first-order valence-corrected chi connectivity index (χ1v) is 9.27. The molecule has 4 nitrogen and oxygen atoms in total. The lowest BCUT2D eigenvalue weighted by atomic mass is 9.80. The zero-order valence-corrected chi connectivity index (χ0v) is 15.5. The van der Waals surface area contributed by atoms with Gasteiger partial charge in [0, 0.05) is 30.1 Å². The molecule has 3 rings (SSSR count). The molecule has 0 N–H and O–H groups in total. The monoisotopic (exact) mass is 340 g/mol.